The monoisotopic (exact) mass is 881 g/mol. The van der Waals surface area contributed by atoms with Crippen molar-refractivity contribution in [2.75, 3.05) is 65.7 Å². The third-order valence-corrected chi connectivity index (χ3v) is 11.0. The first kappa shape index (κ1) is 48.5. The van der Waals surface area contributed by atoms with E-state index < -0.39 is 41.3 Å². The summed E-state index contributed by atoms with van der Waals surface area (Å²) < 4.78 is 27.2. The number of hydrogen-bond acceptors (Lipinski definition) is 15. The van der Waals surface area contributed by atoms with Crippen molar-refractivity contribution in [3.63, 3.8) is 0 Å². The van der Waals surface area contributed by atoms with Crippen molar-refractivity contribution in [2.24, 2.45) is 0 Å². The number of nitrogens with zero attached hydrogens (tertiary/aromatic N) is 6. The molecule has 348 valence electrons. The van der Waals surface area contributed by atoms with Gasteiger partial charge in [0.25, 0.3) is 5.91 Å². The quantitative estimate of drug-likeness (QED) is 0.0845. The van der Waals surface area contributed by atoms with E-state index in [0.717, 1.165) is 5.06 Å². The number of urea groups is 2. The van der Waals surface area contributed by atoms with Gasteiger partial charge in [0.15, 0.2) is 0 Å². The Morgan fingerprint density at radius 3 is 1.50 bits per heavy atom. The SMILES string of the molecule is CC(C)(C)OC(=O)N1CCC(OCCONC(=O)[C@@H]2CC[C@@H]3CN2C(=O)N3O)CC1.CC(C)(C)OC(=O)N1CCC(OCCONC(=O)[C@@H]2CC[C@@H]3CN2C(=O)N3OB=N)CC1. The van der Waals surface area contributed by atoms with Crippen LogP contribution in [-0.4, -0.2) is 192 Å². The molecule has 0 spiro atoms. The average Bonchev–Trinajstić information content (AvgIpc) is 3.58. The fourth-order valence-corrected chi connectivity index (χ4v) is 7.98. The standard InChI is InChI=1S/C19H32BN5O7.C19H32N4O7/c1-19(2,3)31-18(28)23-8-6-14(7-9-23)29-10-11-30-22-16(26)15-5-4-13-12-24(15)17(27)25(13)32-20-21;1-19(2,3)30-18(26)21-8-6-14(7-9-21)28-10-11-29-20-16(24)15-5-4-13-12-22(15)17(25)23(13)27/h13-15,21H,4-12H2,1-3H3,(H,22,26);13-15,27H,4-12H2,1-3H3,(H,20,24)/t2*13-,15+/m11/s1. The van der Waals surface area contributed by atoms with Crippen molar-refractivity contribution in [1.29, 1.82) is 5.31 Å². The fourth-order valence-electron chi connectivity index (χ4n) is 7.98. The van der Waals surface area contributed by atoms with Crippen LogP contribution in [0.4, 0.5) is 19.2 Å². The molecular weight excluding hydrogens is 817 g/mol. The molecule has 6 aliphatic rings. The van der Waals surface area contributed by atoms with Gasteiger partial charge in [0, 0.05) is 32.7 Å². The molecule has 4 bridgehead atoms. The molecule has 62 heavy (non-hydrogen) atoms. The molecule has 6 saturated heterocycles. The smallest absolute Gasteiger partial charge is 0.00873 e. The van der Waals surface area contributed by atoms with Gasteiger partial charge in [-0.25, -0.2) is 24.9 Å². The molecule has 6 aliphatic heterocycles. The second-order valence-electron chi connectivity index (χ2n) is 18.0. The van der Waals surface area contributed by atoms with Crippen molar-refractivity contribution < 1.29 is 67.4 Å². The fraction of sp³-hybridized carbons (Fsp3) is 0.842. The first-order valence-electron chi connectivity index (χ1n) is 21.4. The zero-order valence-electron chi connectivity index (χ0n) is 36.7. The van der Waals surface area contributed by atoms with Gasteiger partial charge in [-0.3, -0.25) is 14.8 Å². The van der Waals surface area contributed by atoms with Crippen LogP contribution in [0.25, 0.3) is 0 Å². The van der Waals surface area contributed by atoms with Crippen LogP contribution in [0.1, 0.15) is 92.9 Å². The molecule has 23 nitrogen and oxygen atoms in total. The Morgan fingerprint density at radius 1 is 0.645 bits per heavy atom. The normalized spacial score (nSPS) is 24.3. The molecule has 0 radical (unpaired) electrons. The molecular formula is C38H64BN9O14. The summed E-state index contributed by atoms with van der Waals surface area (Å²) in [6.07, 6.45) is 4.43. The zero-order chi connectivity index (χ0) is 45.2. The van der Waals surface area contributed by atoms with Crippen LogP contribution in [0.2, 0.25) is 0 Å². The topological polar surface area (TPSA) is 255 Å². The molecule has 8 amide bonds. The number of fused-ring (bicyclic) bond motifs is 4. The van der Waals surface area contributed by atoms with E-state index in [2.05, 4.69) is 11.0 Å². The first-order valence-corrected chi connectivity index (χ1v) is 21.4. The molecule has 24 heteroatoms. The van der Waals surface area contributed by atoms with Gasteiger partial charge in [-0.1, -0.05) is 0 Å². The van der Waals surface area contributed by atoms with Gasteiger partial charge in [-0.2, -0.15) is 0 Å². The summed E-state index contributed by atoms with van der Waals surface area (Å²) in [7, 11) is 0.708. The second-order valence-corrected chi connectivity index (χ2v) is 18.0. The van der Waals surface area contributed by atoms with E-state index in [1.54, 1.807) is 9.80 Å². The molecule has 0 saturated carbocycles. The van der Waals surface area contributed by atoms with Crippen LogP contribution in [0.3, 0.4) is 0 Å². The van der Waals surface area contributed by atoms with Crippen molar-refractivity contribution in [1.82, 2.24) is 40.7 Å². The number of carbonyl (C=O) groups is 6. The molecule has 0 aliphatic carbocycles. The van der Waals surface area contributed by atoms with Crippen LogP contribution in [0.5, 0.6) is 0 Å². The van der Waals surface area contributed by atoms with Gasteiger partial charge < -0.3 is 28.9 Å². The maximum Gasteiger partial charge on any atom is 0.0263 e. The first-order chi connectivity index (χ1) is 29.3. The van der Waals surface area contributed by atoms with Crippen molar-refractivity contribution in [3.05, 3.63) is 0 Å². The summed E-state index contributed by atoms with van der Waals surface area (Å²) in [6.45, 7) is 15.0. The van der Waals surface area contributed by atoms with Gasteiger partial charge in [0.1, 0.15) is 17.2 Å². The van der Waals surface area contributed by atoms with E-state index in [-0.39, 0.29) is 55.6 Å². The summed E-state index contributed by atoms with van der Waals surface area (Å²) in [5.41, 5.74) is 3.75. The van der Waals surface area contributed by atoms with Gasteiger partial charge in [-0.15, -0.1) is 0 Å². The number of carbonyl (C=O) groups excluding carboxylic acids is 6. The number of nitrogens with one attached hydrogen (secondary N) is 3. The second kappa shape index (κ2) is 21.7. The van der Waals surface area contributed by atoms with E-state index in [0.29, 0.717) is 116 Å². The minimum atomic E-state index is -0.635. The van der Waals surface area contributed by atoms with Crippen molar-refractivity contribution >= 4 is 43.3 Å². The summed E-state index contributed by atoms with van der Waals surface area (Å²) in [6, 6.07) is -2.61. The minimum Gasteiger partial charge on any atom is -0.00873 e. The van der Waals surface area contributed by atoms with Crippen LogP contribution in [0, 0.1) is 5.31 Å². The van der Waals surface area contributed by atoms with Crippen molar-refractivity contribution in [2.45, 2.75) is 140 Å². The Balaban J connectivity index is 0.000000235. The van der Waals surface area contributed by atoms with Gasteiger partial charge >= 0.3 is 133 Å². The molecule has 0 unspecified atom stereocenters. The van der Waals surface area contributed by atoms with E-state index in [9.17, 15) is 34.0 Å². The van der Waals surface area contributed by atoms with E-state index in [4.69, 9.17) is 38.7 Å². The number of amides is 8. The van der Waals surface area contributed by atoms with Crippen LogP contribution in [-0.2, 0) is 43.0 Å². The molecule has 6 rings (SSSR count). The summed E-state index contributed by atoms with van der Waals surface area (Å²) in [4.78, 5) is 89.7. The van der Waals surface area contributed by atoms with Gasteiger partial charge in [0.05, 0.1) is 25.4 Å². The number of piperidine rings is 4. The van der Waals surface area contributed by atoms with Gasteiger partial charge in [-0.05, 0) is 80.1 Å². The van der Waals surface area contributed by atoms with Crippen LogP contribution < -0.4 is 11.0 Å². The zero-order valence-corrected chi connectivity index (χ0v) is 36.7. The Kier molecular flexibility index (Phi) is 17.0. The molecule has 6 fully saturated rings. The third kappa shape index (κ3) is 13.5. The van der Waals surface area contributed by atoms with Crippen molar-refractivity contribution in [3.8, 4) is 0 Å². The Morgan fingerprint density at radius 2 is 1.06 bits per heavy atom. The summed E-state index contributed by atoms with van der Waals surface area (Å²) in [5, 5.41) is 18.5. The summed E-state index contributed by atoms with van der Waals surface area (Å²) in [5.74, 6) is -0.790. The molecule has 4 N–H and O–H groups in total. The van der Waals surface area contributed by atoms with E-state index in [1.807, 2.05) is 41.5 Å². The van der Waals surface area contributed by atoms with E-state index >= 15 is 0 Å². The number of hydrogen-bond donors (Lipinski definition) is 4. The van der Waals surface area contributed by atoms with E-state index in [1.165, 1.54) is 9.80 Å². The molecule has 0 aromatic rings. The Bertz CT molecular complexity index is 1580. The maximum atomic E-state index is 12.4. The maximum absolute atomic E-state index is 12.4. The number of rotatable bonds is 14. The average molecular weight is 882 g/mol. The third-order valence-electron chi connectivity index (χ3n) is 11.0. The minimum absolute atomic E-state index is 0.0188. The Hall–Kier alpha value is -4.52. The summed E-state index contributed by atoms with van der Waals surface area (Å²) >= 11 is 0. The predicted octanol–water partition coefficient (Wildman–Crippen LogP) is 2.14. The predicted molar refractivity (Wildman–Crippen MR) is 215 cm³/mol. The molecule has 4 atom stereocenters. The number of likely N-dealkylation sites (tertiary alicyclic amines) is 2. The van der Waals surface area contributed by atoms with Crippen LogP contribution in [0.15, 0.2) is 0 Å². The molecule has 0 aromatic carbocycles. The Labute approximate surface area is 362 Å². The number of hydroxylamine groups is 6. The molecule has 0 aromatic heterocycles. The van der Waals surface area contributed by atoms with Gasteiger partial charge in [0.2, 0.25) is 0 Å². The largest absolute Gasteiger partial charge is 0.0263 e. The van der Waals surface area contributed by atoms with Crippen LogP contribution >= 0.6 is 0 Å². The number of ether oxygens (including phenoxy) is 4. The molecule has 6 heterocycles.